The van der Waals surface area contributed by atoms with Crippen LogP contribution < -0.4 is 10.6 Å². The molecule has 0 saturated carbocycles. The lowest BCUT2D eigenvalue weighted by atomic mass is 9.92. The van der Waals surface area contributed by atoms with Crippen molar-refractivity contribution >= 4 is 70.4 Å². The van der Waals surface area contributed by atoms with Gasteiger partial charge in [-0.2, -0.15) is 0 Å². The van der Waals surface area contributed by atoms with Crippen LogP contribution in [0.4, 0.5) is 9.59 Å². The Bertz CT molecular complexity index is 2780. The van der Waals surface area contributed by atoms with E-state index in [0.29, 0.717) is 13.1 Å². The average molecular weight is 917 g/mol. The molecule has 0 radical (unpaired) electrons. The van der Waals surface area contributed by atoms with Crippen LogP contribution in [0.15, 0.2) is 72.8 Å². The number of ether oxygens (including phenoxy) is 2. The van der Waals surface area contributed by atoms with Crippen LogP contribution in [0.5, 0.6) is 0 Å². The number of likely N-dealkylation sites (tertiary alicyclic amines) is 2. The molecule has 352 valence electrons. The minimum absolute atomic E-state index is 0.128. The first-order valence-electron chi connectivity index (χ1n) is 23.6. The fourth-order valence-corrected chi connectivity index (χ4v) is 10.1. The van der Waals surface area contributed by atoms with E-state index in [1.165, 1.54) is 14.2 Å². The van der Waals surface area contributed by atoms with Gasteiger partial charge in [0, 0.05) is 13.1 Å². The maximum atomic E-state index is 13.9. The van der Waals surface area contributed by atoms with E-state index in [4.69, 9.17) is 19.4 Å². The Kier molecular flexibility index (Phi) is 12.7. The molecular formula is C54H60N8O6. The number of nitrogens with zero attached hydrogens (tertiary/aromatic N) is 4. The van der Waals surface area contributed by atoms with Gasteiger partial charge >= 0.3 is 12.2 Å². The Morgan fingerprint density at radius 1 is 0.588 bits per heavy atom. The van der Waals surface area contributed by atoms with Crippen molar-refractivity contribution in [3.05, 3.63) is 107 Å². The zero-order valence-electron chi connectivity index (χ0n) is 39.9. The summed E-state index contributed by atoms with van der Waals surface area (Å²) in [6.07, 6.45) is 8.86. The number of fused-ring (bicyclic) bond motifs is 2. The van der Waals surface area contributed by atoms with Gasteiger partial charge in [-0.05, 0) is 117 Å². The van der Waals surface area contributed by atoms with Gasteiger partial charge in [0.05, 0.1) is 48.4 Å². The second-order valence-electron chi connectivity index (χ2n) is 19.5. The van der Waals surface area contributed by atoms with Gasteiger partial charge in [0.25, 0.3) is 0 Å². The van der Waals surface area contributed by atoms with Crippen molar-refractivity contribution in [1.29, 1.82) is 0 Å². The summed E-state index contributed by atoms with van der Waals surface area (Å²) in [5.74, 6) is 1.44. The van der Waals surface area contributed by atoms with Gasteiger partial charge in [0.2, 0.25) is 11.8 Å². The van der Waals surface area contributed by atoms with Gasteiger partial charge < -0.3 is 39.9 Å². The number of hydrogen-bond acceptors (Lipinski definition) is 8. The molecule has 6 aliphatic rings. The van der Waals surface area contributed by atoms with E-state index in [1.54, 1.807) is 0 Å². The van der Waals surface area contributed by atoms with Crippen LogP contribution in [0.1, 0.15) is 100 Å². The molecule has 12 rings (SSSR count). The second kappa shape index (κ2) is 18.8. The van der Waals surface area contributed by atoms with Crippen LogP contribution >= 0.6 is 0 Å². The predicted molar refractivity (Wildman–Crippen MR) is 266 cm³/mol. The van der Waals surface area contributed by atoms with Crippen LogP contribution in [-0.2, 0) is 19.1 Å². The monoisotopic (exact) mass is 916 g/mol. The molecule has 68 heavy (non-hydrogen) atoms. The van der Waals surface area contributed by atoms with Crippen molar-refractivity contribution < 1.29 is 28.7 Å². The van der Waals surface area contributed by atoms with E-state index < -0.39 is 24.3 Å². The molecule has 4 amide bonds. The number of carbonyl (C=O) groups is 4. The minimum atomic E-state index is -0.716. The molecule has 2 aliphatic heterocycles. The summed E-state index contributed by atoms with van der Waals surface area (Å²) in [5.41, 5.74) is 11.8. The van der Waals surface area contributed by atoms with E-state index in [0.717, 1.165) is 91.1 Å². The molecule has 2 aromatic heterocycles. The zero-order valence-corrected chi connectivity index (χ0v) is 39.9. The van der Waals surface area contributed by atoms with Crippen molar-refractivity contribution in [1.82, 2.24) is 40.4 Å². The Morgan fingerprint density at radius 3 is 1.38 bits per heavy atom. The highest BCUT2D eigenvalue weighted by atomic mass is 16.5. The first-order valence-corrected chi connectivity index (χ1v) is 23.6. The number of H-pyrrole nitrogens is 2. The summed E-state index contributed by atoms with van der Waals surface area (Å²) in [7, 11) is 2.60. The number of carbonyl (C=O) groups excluding carboxylic acids is 4. The number of rotatable bonds is 10. The van der Waals surface area contributed by atoms with E-state index >= 15 is 0 Å². The summed E-state index contributed by atoms with van der Waals surface area (Å²) < 4.78 is 9.67. The Hall–Kier alpha value is -7.22. The molecule has 0 unspecified atom stereocenters. The van der Waals surface area contributed by atoms with Crippen LogP contribution in [0.25, 0.3) is 68.6 Å². The first-order chi connectivity index (χ1) is 32.7. The summed E-state index contributed by atoms with van der Waals surface area (Å²) >= 11 is 0. The number of imidazole rings is 2. The molecular weight excluding hydrogens is 857 g/mol. The van der Waals surface area contributed by atoms with Gasteiger partial charge in [0.15, 0.2) is 0 Å². The highest BCUT2D eigenvalue weighted by Gasteiger charge is 2.42. The number of aromatic amines is 2. The third-order valence-electron chi connectivity index (χ3n) is 13.7. The highest BCUT2D eigenvalue weighted by molar-refractivity contribution is 5.93. The number of amides is 4. The topological polar surface area (TPSA) is 175 Å². The smallest absolute Gasteiger partial charge is 0.407 e. The maximum absolute atomic E-state index is 13.9. The fraction of sp³-hybridized carbons (Fsp3) is 0.370. The zero-order chi connectivity index (χ0) is 48.0. The van der Waals surface area contributed by atoms with Gasteiger partial charge in [-0.25, -0.2) is 19.6 Å². The summed E-state index contributed by atoms with van der Waals surface area (Å²) in [6.45, 7) is 13.1. The quantitative estimate of drug-likeness (QED) is 0.105. The van der Waals surface area contributed by atoms with Crippen molar-refractivity contribution in [2.24, 2.45) is 23.7 Å². The Morgan fingerprint density at radius 2 is 1.00 bits per heavy atom. The van der Waals surface area contributed by atoms with E-state index in [9.17, 15) is 19.2 Å². The molecule has 4 aromatic carbocycles. The Balaban J connectivity index is 0.980. The van der Waals surface area contributed by atoms with Crippen molar-refractivity contribution in [3.8, 4) is 22.3 Å². The standard InChI is InChI=1S/C54H60N8O6/c1-29(2)47(59-53(65)67-7)51(63)61-27-31(5)21-45(61)49-55-41-19-17-37(25-43(41)57-49)39-23-33-9-13-35(39)15-11-34-10-14-36(16-12-33)40(24-34)38-18-20-42-44(26-38)58-50(56-42)46-22-32(6)28-62(46)52(64)48(30(3)4)60-54(66)68-8/h9-20,23-26,29-32,45-48H,21-22,27-28H2,1-8H3,(H,55,57)(H,56,58)(H,59,65)(H,60,66)/b15-11-,16-12-,33-12?,34-11?,35-15?,36-16?/t31-,32-,45+,46+,47+,48+/m1/s1. The molecule has 4 bridgehead atoms. The lowest BCUT2D eigenvalue weighted by molar-refractivity contribution is -0.136. The molecule has 4 N–H and O–H groups in total. The Labute approximate surface area is 396 Å². The van der Waals surface area contributed by atoms with Gasteiger partial charge in [-0.1, -0.05) is 102 Å². The van der Waals surface area contributed by atoms with E-state index in [-0.39, 0.29) is 47.6 Å². The number of methoxy groups -OCH3 is 2. The number of alkyl carbamates (subject to hydrolysis) is 2. The third-order valence-corrected chi connectivity index (χ3v) is 13.7. The van der Waals surface area contributed by atoms with E-state index in [2.05, 4.69) is 132 Å². The highest BCUT2D eigenvalue weighted by Crippen LogP contribution is 2.39. The fourth-order valence-electron chi connectivity index (χ4n) is 10.1. The summed E-state index contributed by atoms with van der Waals surface area (Å²) in [6, 6.07) is 23.6. The van der Waals surface area contributed by atoms with Crippen molar-refractivity contribution in [2.75, 3.05) is 27.3 Å². The molecule has 6 aromatic rings. The summed E-state index contributed by atoms with van der Waals surface area (Å²) in [4.78, 5) is 73.2. The minimum Gasteiger partial charge on any atom is -0.453 e. The number of aromatic nitrogens is 4. The average Bonchev–Trinajstić information content (AvgIpc) is 4.13. The SMILES string of the molecule is COC(=O)N[C@H](C(=O)N1C[C@H](C)C[C@H]1c1nc2cc(-c3cc4ccc3/C=C\c3ccc(c(-c5ccc6[nH]c([C@@H]7C[C@@H](C)CN7C(=O)[C@@H](NC(=O)OC)C(C)C)nc6c5)c3)/C=C\4)ccc2[nH]1)C(C)C. The number of nitrogens with one attached hydrogen (secondary N) is 4. The van der Waals surface area contributed by atoms with E-state index in [1.807, 2.05) is 37.5 Å². The molecule has 0 spiro atoms. The molecule has 6 atom stereocenters. The number of hydrogen-bond donors (Lipinski definition) is 4. The lowest BCUT2D eigenvalue weighted by Crippen LogP contribution is -2.51. The first kappa shape index (κ1) is 45.9. The predicted octanol–water partition coefficient (Wildman–Crippen LogP) is 10.0. The summed E-state index contributed by atoms with van der Waals surface area (Å²) in [5, 5.41) is 5.49. The molecule has 2 fully saturated rings. The normalized spacial score (nSPS) is 20.7. The molecule has 14 nitrogen and oxygen atoms in total. The lowest BCUT2D eigenvalue weighted by Gasteiger charge is -2.30. The molecule has 14 heteroatoms. The largest absolute Gasteiger partial charge is 0.453 e. The molecule has 2 saturated heterocycles. The maximum Gasteiger partial charge on any atom is 0.407 e. The second-order valence-corrected chi connectivity index (χ2v) is 19.5. The van der Waals surface area contributed by atoms with Crippen molar-refractivity contribution in [2.45, 2.75) is 78.6 Å². The third kappa shape index (κ3) is 9.11. The van der Waals surface area contributed by atoms with Gasteiger partial charge in [-0.3, -0.25) is 9.59 Å². The van der Waals surface area contributed by atoms with Crippen LogP contribution in [-0.4, -0.2) is 93.1 Å². The van der Waals surface area contributed by atoms with Crippen LogP contribution in [0.2, 0.25) is 0 Å². The van der Waals surface area contributed by atoms with Gasteiger partial charge in [-0.15, -0.1) is 0 Å². The molecule has 4 aliphatic carbocycles. The van der Waals surface area contributed by atoms with Crippen LogP contribution in [0, 0.1) is 23.7 Å². The van der Waals surface area contributed by atoms with Gasteiger partial charge in [0.1, 0.15) is 23.7 Å². The number of benzene rings is 4. The molecule has 4 heterocycles. The van der Waals surface area contributed by atoms with Crippen LogP contribution in [0.3, 0.4) is 0 Å². The van der Waals surface area contributed by atoms with Crippen molar-refractivity contribution in [3.63, 3.8) is 0 Å².